The van der Waals surface area contributed by atoms with E-state index in [1.807, 2.05) is 17.9 Å². The van der Waals surface area contributed by atoms with Crippen LogP contribution >= 0.6 is 0 Å². The molecule has 0 unspecified atom stereocenters. The summed E-state index contributed by atoms with van der Waals surface area (Å²) in [6.07, 6.45) is 1.49. The number of hydrogen-bond donors (Lipinski definition) is 2. The summed E-state index contributed by atoms with van der Waals surface area (Å²) >= 11 is 0. The van der Waals surface area contributed by atoms with Crippen molar-refractivity contribution in [1.82, 2.24) is 20.2 Å². The fourth-order valence-electron chi connectivity index (χ4n) is 4.09. The predicted molar refractivity (Wildman–Crippen MR) is 119 cm³/mol. The number of aromatic nitrogens is 2. The molecule has 2 aromatic heterocycles. The highest BCUT2D eigenvalue weighted by molar-refractivity contribution is 5.92. The average Bonchev–Trinajstić information content (AvgIpc) is 2.78. The average molecular weight is 441 g/mol. The van der Waals surface area contributed by atoms with Crippen molar-refractivity contribution in [3.05, 3.63) is 68.8 Å². The van der Waals surface area contributed by atoms with Crippen molar-refractivity contribution in [2.75, 3.05) is 38.1 Å². The lowest BCUT2D eigenvalue weighted by molar-refractivity contribution is 0.0953. The van der Waals surface area contributed by atoms with Gasteiger partial charge in [-0.05, 0) is 25.5 Å². The van der Waals surface area contributed by atoms with Gasteiger partial charge >= 0.3 is 0 Å². The molecule has 0 radical (unpaired) electrons. The number of benzene rings is 1. The summed E-state index contributed by atoms with van der Waals surface area (Å²) in [4.78, 5) is 34.3. The van der Waals surface area contributed by atoms with Crippen molar-refractivity contribution in [3.8, 4) is 0 Å². The molecule has 1 saturated heterocycles. The number of pyridine rings is 2. The number of hydrogen-bond acceptors (Lipinski definition) is 5. The van der Waals surface area contributed by atoms with E-state index in [-0.39, 0.29) is 16.8 Å². The van der Waals surface area contributed by atoms with E-state index in [4.69, 9.17) is 0 Å². The molecule has 3 heterocycles. The number of halogens is 2. The molecule has 0 bridgehead atoms. The molecule has 1 aliphatic heterocycles. The Morgan fingerprint density at radius 1 is 1.12 bits per heavy atom. The smallest absolute Gasteiger partial charge is 0.272 e. The minimum atomic E-state index is -0.665. The molecule has 7 nitrogen and oxygen atoms in total. The number of piperazine rings is 1. The Morgan fingerprint density at radius 2 is 1.84 bits per heavy atom. The molecular weight excluding hydrogens is 416 g/mol. The highest BCUT2D eigenvalue weighted by atomic mass is 19.1. The van der Waals surface area contributed by atoms with Crippen LogP contribution in [0.1, 0.15) is 27.2 Å². The molecule has 168 valence electrons. The highest BCUT2D eigenvalue weighted by Gasteiger charge is 2.22. The van der Waals surface area contributed by atoms with E-state index in [9.17, 15) is 14.0 Å². The molecule has 1 aromatic carbocycles. The van der Waals surface area contributed by atoms with Crippen LogP contribution < -0.4 is 15.8 Å². The number of amides is 1. The van der Waals surface area contributed by atoms with Crippen LogP contribution in [0.2, 0.25) is 0 Å². The number of aromatic amines is 1. The van der Waals surface area contributed by atoms with Gasteiger partial charge in [0.2, 0.25) is 0 Å². The van der Waals surface area contributed by atoms with E-state index in [2.05, 4.69) is 20.2 Å². The number of aryl methyl sites for hydroxylation is 2. The third kappa shape index (κ3) is 4.08. The predicted octanol–water partition coefficient (Wildman–Crippen LogP) is 2.50. The fourth-order valence-corrected chi connectivity index (χ4v) is 4.09. The van der Waals surface area contributed by atoms with Gasteiger partial charge in [-0.15, -0.1) is 0 Å². The van der Waals surface area contributed by atoms with Crippen LogP contribution in [0.5, 0.6) is 0 Å². The van der Waals surface area contributed by atoms with E-state index < -0.39 is 17.5 Å². The van der Waals surface area contributed by atoms with Crippen LogP contribution in [0.4, 0.5) is 14.5 Å². The van der Waals surface area contributed by atoms with Crippen LogP contribution in [0.25, 0.3) is 10.9 Å². The first-order valence-electron chi connectivity index (χ1n) is 10.4. The summed E-state index contributed by atoms with van der Waals surface area (Å²) in [6.45, 7) is 6.56. The lowest BCUT2D eigenvalue weighted by Gasteiger charge is -2.36. The Morgan fingerprint density at radius 3 is 2.50 bits per heavy atom. The monoisotopic (exact) mass is 441 g/mol. The SMILES string of the molecule is CNC(=O)c1ncc(N2CCN(Cc3cc(C)c4cc(C)c(=O)[nH]c4c3F)CC2)cc1F. The minimum absolute atomic E-state index is 0.231. The summed E-state index contributed by atoms with van der Waals surface area (Å²) in [7, 11) is 1.43. The van der Waals surface area contributed by atoms with Gasteiger partial charge in [0.15, 0.2) is 17.3 Å². The number of rotatable bonds is 4. The van der Waals surface area contributed by atoms with Crippen LogP contribution in [-0.4, -0.2) is 54.0 Å². The second-order valence-electron chi connectivity index (χ2n) is 8.10. The van der Waals surface area contributed by atoms with E-state index in [0.717, 1.165) is 5.56 Å². The first kappa shape index (κ1) is 21.9. The minimum Gasteiger partial charge on any atom is -0.368 e. The number of fused-ring (bicyclic) bond motifs is 1. The molecule has 2 N–H and O–H groups in total. The molecule has 1 fully saturated rings. The molecule has 4 rings (SSSR count). The van der Waals surface area contributed by atoms with Gasteiger partial charge in [0, 0.05) is 62.4 Å². The molecule has 0 spiro atoms. The molecular formula is C23H25F2N5O2. The summed E-state index contributed by atoms with van der Waals surface area (Å²) in [5, 5.41) is 3.07. The number of carbonyl (C=O) groups is 1. The summed E-state index contributed by atoms with van der Waals surface area (Å²) < 4.78 is 29.4. The Kier molecular flexibility index (Phi) is 5.92. The van der Waals surface area contributed by atoms with Crippen molar-refractivity contribution in [1.29, 1.82) is 0 Å². The number of H-pyrrole nitrogens is 1. The maximum Gasteiger partial charge on any atom is 0.272 e. The third-order valence-electron chi connectivity index (χ3n) is 5.94. The largest absolute Gasteiger partial charge is 0.368 e. The highest BCUT2D eigenvalue weighted by Crippen LogP contribution is 2.25. The molecule has 1 aliphatic rings. The summed E-state index contributed by atoms with van der Waals surface area (Å²) in [5.74, 6) is -1.63. The van der Waals surface area contributed by atoms with Crippen molar-refractivity contribution >= 4 is 22.5 Å². The van der Waals surface area contributed by atoms with E-state index in [1.54, 1.807) is 13.0 Å². The summed E-state index contributed by atoms with van der Waals surface area (Å²) in [5.41, 5.74) is 2.33. The van der Waals surface area contributed by atoms with Crippen LogP contribution in [0.15, 0.2) is 29.2 Å². The van der Waals surface area contributed by atoms with Gasteiger partial charge in [0.25, 0.3) is 11.5 Å². The lowest BCUT2D eigenvalue weighted by atomic mass is 10.0. The second-order valence-corrected chi connectivity index (χ2v) is 8.10. The molecule has 0 saturated carbocycles. The van der Waals surface area contributed by atoms with Crippen molar-refractivity contribution in [3.63, 3.8) is 0 Å². The van der Waals surface area contributed by atoms with Crippen LogP contribution in [0.3, 0.4) is 0 Å². The zero-order chi connectivity index (χ0) is 23.0. The van der Waals surface area contributed by atoms with Crippen molar-refractivity contribution in [2.24, 2.45) is 0 Å². The topological polar surface area (TPSA) is 81.3 Å². The quantitative estimate of drug-likeness (QED) is 0.650. The van der Waals surface area contributed by atoms with Gasteiger partial charge in [0.1, 0.15) is 0 Å². The molecule has 0 atom stereocenters. The first-order chi connectivity index (χ1) is 15.3. The number of carbonyl (C=O) groups excluding carboxylic acids is 1. The number of nitrogens with one attached hydrogen (secondary N) is 2. The van der Waals surface area contributed by atoms with Crippen LogP contribution in [-0.2, 0) is 6.54 Å². The normalized spacial score (nSPS) is 14.7. The van der Waals surface area contributed by atoms with E-state index >= 15 is 4.39 Å². The Labute approximate surface area is 184 Å². The Balaban J connectivity index is 1.48. The zero-order valence-corrected chi connectivity index (χ0v) is 18.3. The number of anilines is 1. The lowest BCUT2D eigenvalue weighted by Crippen LogP contribution is -2.46. The van der Waals surface area contributed by atoms with E-state index in [0.29, 0.717) is 54.9 Å². The van der Waals surface area contributed by atoms with Gasteiger partial charge < -0.3 is 15.2 Å². The van der Waals surface area contributed by atoms with Gasteiger partial charge in [-0.1, -0.05) is 6.07 Å². The van der Waals surface area contributed by atoms with Gasteiger partial charge in [-0.2, -0.15) is 0 Å². The van der Waals surface area contributed by atoms with Gasteiger partial charge in [-0.25, -0.2) is 13.8 Å². The fraction of sp³-hybridized carbons (Fsp3) is 0.348. The molecule has 1 amide bonds. The van der Waals surface area contributed by atoms with Crippen LogP contribution in [0, 0.1) is 25.5 Å². The number of nitrogens with zero attached hydrogens (tertiary/aromatic N) is 3. The first-order valence-corrected chi connectivity index (χ1v) is 10.4. The van der Waals surface area contributed by atoms with E-state index in [1.165, 1.54) is 19.3 Å². The van der Waals surface area contributed by atoms with Crippen molar-refractivity contribution < 1.29 is 13.6 Å². The second kappa shape index (κ2) is 8.66. The standard InChI is InChI=1S/C23H25F2N5O2/c1-13-8-15(19(25)20-17(13)9-14(2)22(31)28-20)12-29-4-6-30(7-5-29)16-10-18(24)21(27-11-16)23(32)26-3/h8-11H,4-7,12H2,1-3H3,(H,26,32)(H,28,31). The van der Waals surface area contributed by atoms with Gasteiger partial charge in [-0.3, -0.25) is 14.5 Å². The Hall–Kier alpha value is -3.33. The molecule has 3 aromatic rings. The van der Waals surface area contributed by atoms with Gasteiger partial charge in [0.05, 0.1) is 17.4 Å². The maximum absolute atomic E-state index is 15.1. The molecule has 0 aliphatic carbocycles. The molecule has 9 heteroatoms. The third-order valence-corrected chi connectivity index (χ3v) is 5.94. The maximum atomic E-state index is 15.1. The molecule has 32 heavy (non-hydrogen) atoms. The summed E-state index contributed by atoms with van der Waals surface area (Å²) in [6, 6.07) is 4.87. The zero-order valence-electron chi connectivity index (χ0n) is 18.3. The van der Waals surface area contributed by atoms with Crippen molar-refractivity contribution in [2.45, 2.75) is 20.4 Å². The Bertz CT molecular complexity index is 1250.